The van der Waals surface area contributed by atoms with E-state index in [1.165, 1.54) is 91.1 Å². The highest BCUT2D eigenvalue weighted by atomic mass is 32.1. The maximum Gasteiger partial charge on any atom is 0.410 e. The molecule has 0 aromatic carbocycles. The van der Waals surface area contributed by atoms with E-state index in [4.69, 9.17) is 14.7 Å². The largest absolute Gasteiger partial charge is 0.444 e. The number of hydrogen-bond donors (Lipinski definition) is 3. The summed E-state index contributed by atoms with van der Waals surface area (Å²) in [5.41, 5.74) is 6.29. The van der Waals surface area contributed by atoms with E-state index in [0.717, 1.165) is 114 Å². The van der Waals surface area contributed by atoms with Crippen LogP contribution >= 0.6 is 45.3 Å². The summed E-state index contributed by atoms with van der Waals surface area (Å²) in [5, 5.41) is 12.6. The first kappa shape index (κ1) is 51.1. The number of ether oxygens (including phenoxy) is 1. The molecule has 3 N–H and O–H groups in total. The normalized spacial score (nSPS) is 25.4. The van der Waals surface area contributed by atoms with Crippen LogP contribution in [0.15, 0.2) is 36.9 Å². The molecule has 8 atom stereocenters. The molecule has 12 rings (SSSR count). The highest BCUT2D eigenvalue weighted by Crippen LogP contribution is 2.47. The fraction of sp³-hybridized carbons (Fsp3) is 0.596. The molecule has 4 fully saturated rings. The van der Waals surface area contributed by atoms with Crippen molar-refractivity contribution in [3.05, 3.63) is 67.6 Å². The predicted octanol–water partition coefficient (Wildman–Crippen LogP) is 11.6. The van der Waals surface area contributed by atoms with Crippen molar-refractivity contribution >= 4 is 83.4 Å². The molecule has 2 saturated heterocycles. The minimum Gasteiger partial charge on any atom is -0.444 e. The summed E-state index contributed by atoms with van der Waals surface area (Å²) < 4.78 is 7.97. The summed E-state index contributed by atoms with van der Waals surface area (Å²) in [6.07, 6.45) is 20.8. The number of carbonyl (C=O) groups excluding carboxylic acids is 3. The van der Waals surface area contributed by atoms with Crippen LogP contribution in [0, 0.1) is 35.5 Å². The zero-order valence-corrected chi connectivity index (χ0v) is 46.5. The summed E-state index contributed by atoms with van der Waals surface area (Å²) in [6, 6.07) is 4.49. The van der Waals surface area contributed by atoms with Gasteiger partial charge in [-0.15, -0.1) is 45.3 Å². The monoisotopic (exact) mass is 1060 g/mol. The van der Waals surface area contributed by atoms with Crippen LogP contribution in [-0.4, -0.2) is 86.4 Å². The molecule has 6 aromatic heterocycles. The first-order chi connectivity index (χ1) is 35.3. The van der Waals surface area contributed by atoms with E-state index in [0.29, 0.717) is 49.8 Å². The molecule has 16 heteroatoms. The Hall–Kier alpha value is -4.03. The average molecular weight is 1060 g/mol. The van der Waals surface area contributed by atoms with E-state index in [1.807, 2.05) is 61.5 Å². The Balaban J connectivity index is 0.000000160. The second-order valence-electron chi connectivity index (χ2n) is 23.2. The van der Waals surface area contributed by atoms with Crippen LogP contribution in [0.1, 0.15) is 129 Å². The number of carbonyl (C=O) groups is 3. The number of pyridine rings is 2. The Labute approximate surface area is 446 Å². The maximum absolute atomic E-state index is 13.3. The number of hydrogen-bond acceptors (Lipinski definition) is 15. The first-order valence-corrected chi connectivity index (χ1v) is 30.4. The van der Waals surface area contributed by atoms with Gasteiger partial charge in [-0.25, -0.2) is 14.8 Å². The molecule has 0 radical (unpaired) electrons. The molecule has 6 aromatic rings. The highest BCUT2D eigenvalue weighted by Gasteiger charge is 2.39. The van der Waals surface area contributed by atoms with Gasteiger partial charge < -0.3 is 25.6 Å². The number of thiophene rings is 2. The Bertz CT molecular complexity index is 2880. The molecular weight excluding hydrogens is 989 g/mol. The van der Waals surface area contributed by atoms with Crippen LogP contribution in [0.5, 0.6) is 0 Å². The molecule has 0 spiro atoms. The Morgan fingerprint density at radius 1 is 0.685 bits per heavy atom. The van der Waals surface area contributed by atoms with Crippen LogP contribution < -0.4 is 16.0 Å². The lowest BCUT2D eigenvalue weighted by Crippen LogP contribution is -2.44. The van der Waals surface area contributed by atoms with Gasteiger partial charge in [0.1, 0.15) is 38.2 Å². The number of Topliss-reactive ketones (excluding diaryl/α,β-unsaturated/α-hetero) is 2. The first-order valence-electron chi connectivity index (χ1n) is 27.1. The van der Waals surface area contributed by atoms with Crippen molar-refractivity contribution in [2.45, 2.75) is 155 Å². The molecular formula is C57H72N8O4S4. The van der Waals surface area contributed by atoms with E-state index in [2.05, 4.69) is 39.8 Å². The second kappa shape index (κ2) is 21.9. The molecule has 2 unspecified atom stereocenters. The molecule has 10 heterocycles. The van der Waals surface area contributed by atoms with Crippen LogP contribution in [0.25, 0.3) is 41.6 Å². The minimum absolute atomic E-state index is 0.00333. The van der Waals surface area contributed by atoms with Crippen LogP contribution in [0.3, 0.4) is 0 Å². The lowest BCUT2D eigenvalue weighted by molar-refractivity contribution is -0.119. The molecule has 388 valence electrons. The van der Waals surface area contributed by atoms with Gasteiger partial charge in [0, 0.05) is 87.3 Å². The number of nitrogens with one attached hydrogen (secondary N) is 3. The van der Waals surface area contributed by atoms with E-state index >= 15 is 0 Å². The number of nitrogens with zero attached hydrogens (tertiary/aromatic N) is 5. The molecule has 12 nitrogen and oxygen atoms in total. The zero-order chi connectivity index (χ0) is 50.4. The minimum atomic E-state index is -0.543. The summed E-state index contributed by atoms with van der Waals surface area (Å²) in [5.74, 6) is 5.81. The smallest absolute Gasteiger partial charge is 0.410 e. The molecule has 6 aliphatic rings. The molecule has 1 amide bonds. The van der Waals surface area contributed by atoms with Gasteiger partial charge in [-0.1, -0.05) is 12.8 Å². The van der Waals surface area contributed by atoms with E-state index in [1.54, 1.807) is 46.4 Å². The topological polar surface area (TPSA) is 151 Å². The number of amides is 1. The van der Waals surface area contributed by atoms with Crippen molar-refractivity contribution in [1.29, 1.82) is 0 Å². The van der Waals surface area contributed by atoms with Gasteiger partial charge in [0.2, 0.25) is 0 Å². The van der Waals surface area contributed by atoms with Crippen LogP contribution in [0.2, 0.25) is 0 Å². The quantitative estimate of drug-likeness (QED) is 0.0956. The maximum atomic E-state index is 13.3. The van der Waals surface area contributed by atoms with Gasteiger partial charge in [-0.05, 0) is 171 Å². The Morgan fingerprint density at radius 2 is 1.18 bits per heavy atom. The Kier molecular flexibility index (Phi) is 15.3. The van der Waals surface area contributed by atoms with Crippen molar-refractivity contribution in [2.75, 3.05) is 26.2 Å². The van der Waals surface area contributed by atoms with Gasteiger partial charge in [-0.2, -0.15) is 0 Å². The summed E-state index contributed by atoms with van der Waals surface area (Å²) >= 11 is 6.90. The predicted molar refractivity (Wildman–Crippen MR) is 297 cm³/mol. The van der Waals surface area contributed by atoms with E-state index < -0.39 is 5.60 Å². The fourth-order valence-corrected chi connectivity index (χ4v) is 17.9. The van der Waals surface area contributed by atoms with Gasteiger partial charge in [-0.3, -0.25) is 19.6 Å². The molecule has 4 aliphatic heterocycles. The number of fused-ring (bicyclic) bond motifs is 6. The van der Waals surface area contributed by atoms with Crippen molar-refractivity contribution in [2.24, 2.45) is 35.5 Å². The van der Waals surface area contributed by atoms with Crippen molar-refractivity contribution in [3.63, 3.8) is 0 Å². The molecule has 73 heavy (non-hydrogen) atoms. The number of ketones is 2. The van der Waals surface area contributed by atoms with E-state index in [-0.39, 0.29) is 12.1 Å². The summed E-state index contributed by atoms with van der Waals surface area (Å²) in [7, 11) is 0. The molecule has 2 saturated carbocycles. The van der Waals surface area contributed by atoms with Gasteiger partial charge in [0.25, 0.3) is 0 Å². The molecule has 0 bridgehead atoms. The molecule has 2 aliphatic carbocycles. The zero-order valence-electron chi connectivity index (χ0n) is 43.2. The SMILES string of the molecule is C[C@@H]1Cc2c(sc(CC(=O)CCCC3C[C@H]4CNC[C@H]4C3)c2-c2nc3cnccc3s2)CN1.C[C@@H]1Cc2c(sc(CC(=O)CCCC3C[C@H]4CNC[C@H]4C3)c2-c2nc3cnccc3s2)CN1C(=O)OC(C)(C)C. The van der Waals surface area contributed by atoms with Crippen molar-refractivity contribution in [1.82, 2.24) is 40.8 Å². The van der Waals surface area contributed by atoms with Gasteiger partial charge in [0.15, 0.2) is 0 Å². The van der Waals surface area contributed by atoms with Crippen LogP contribution in [-0.2, 0) is 53.1 Å². The van der Waals surface area contributed by atoms with E-state index in [9.17, 15) is 14.4 Å². The van der Waals surface area contributed by atoms with Crippen molar-refractivity contribution < 1.29 is 19.1 Å². The Morgan fingerprint density at radius 3 is 1.67 bits per heavy atom. The average Bonchev–Trinajstić information content (AvgIpc) is 4.21. The third-order valence-corrected chi connectivity index (χ3v) is 21.1. The lowest BCUT2D eigenvalue weighted by atomic mass is 9.94. The van der Waals surface area contributed by atoms with Crippen molar-refractivity contribution in [3.8, 4) is 21.1 Å². The lowest BCUT2D eigenvalue weighted by Gasteiger charge is -2.35. The van der Waals surface area contributed by atoms with Gasteiger partial charge in [0.05, 0.1) is 28.3 Å². The summed E-state index contributed by atoms with van der Waals surface area (Å²) in [4.78, 5) is 64.4. The third kappa shape index (κ3) is 11.6. The van der Waals surface area contributed by atoms with Crippen LogP contribution in [0.4, 0.5) is 4.79 Å². The number of aromatic nitrogens is 4. The fourth-order valence-electron chi connectivity index (χ4n) is 13.1. The summed E-state index contributed by atoms with van der Waals surface area (Å²) in [6.45, 7) is 16.2. The third-order valence-electron chi connectivity index (χ3n) is 16.6. The highest BCUT2D eigenvalue weighted by molar-refractivity contribution is 7.22. The standard InChI is InChI=1S/C31H40N4O3S2.C26H32N4OS2/c1-18-10-23-27(17-35(18)30(37)38-31(2,3)4)39-26(28(23)29-34-24-16-32-9-8-25(24)40-29)13-22(36)7-5-6-19-11-20-14-33-15-21(20)12-19;1-15-7-20-24(14-29-15)32-23(25(20)26-30-21-13-27-6-5-22(21)33-26)10-19(31)4-2-3-16-8-17-11-28-12-18(17)9-16/h8-9,16,18-21,33H,5-7,10-15,17H2,1-4H3;5-6,13,15-18,28-29H,2-4,7-12,14H2,1H3/t18-,19?,20-,21+;15-,16?,17-,18+/m11/s1. The van der Waals surface area contributed by atoms with Gasteiger partial charge >= 0.3 is 6.09 Å². The number of rotatable bonds is 14. The second-order valence-corrected chi connectivity index (χ2v) is 27.7. The number of thiazole rings is 2.